The molecule has 1 aliphatic heterocycles. The molecule has 1 N–H and O–H groups in total. The average Bonchev–Trinajstić information content (AvgIpc) is 2.41. The Labute approximate surface area is 87.6 Å². The van der Waals surface area contributed by atoms with Crippen LogP contribution in [-0.4, -0.2) is 0 Å². The molecule has 0 aromatic carbocycles. The number of nitrogens with one attached hydrogen (secondary N) is 1. The van der Waals surface area contributed by atoms with Gasteiger partial charge < -0.3 is 5.32 Å². The Morgan fingerprint density at radius 3 is 3.07 bits per heavy atom. The van der Waals surface area contributed by atoms with Crippen molar-refractivity contribution in [3.05, 3.63) is 36.2 Å². The van der Waals surface area contributed by atoms with Crippen LogP contribution in [0.1, 0.15) is 45.4 Å². The van der Waals surface area contributed by atoms with E-state index in [1.807, 2.05) is 6.08 Å². The Balaban J connectivity index is 2.47. The van der Waals surface area contributed by atoms with Crippen LogP contribution in [0.15, 0.2) is 36.2 Å². The number of unbranched alkanes of at least 4 members (excludes halogenated alkanes) is 1. The van der Waals surface area contributed by atoms with Crippen molar-refractivity contribution in [2.75, 3.05) is 0 Å². The van der Waals surface area contributed by atoms with Gasteiger partial charge in [-0.2, -0.15) is 0 Å². The topological polar surface area (TPSA) is 12.0 Å². The van der Waals surface area contributed by atoms with E-state index in [-0.39, 0.29) is 0 Å². The van der Waals surface area contributed by atoms with Gasteiger partial charge >= 0.3 is 0 Å². The Morgan fingerprint density at radius 2 is 2.36 bits per heavy atom. The van der Waals surface area contributed by atoms with Gasteiger partial charge in [-0.15, -0.1) is 0 Å². The zero-order chi connectivity index (χ0) is 10.2. The summed E-state index contributed by atoms with van der Waals surface area (Å²) >= 11 is 0. The molecule has 0 spiro atoms. The minimum Gasteiger partial charge on any atom is -0.365 e. The molecule has 0 aromatic heterocycles. The van der Waals surface area contributed by atoms with Crippen LogP contribution in [0.4, 0.5) is 0 Å². The van der Waals surface area contributed by atoms with Gasteiger partial charge in [-0.3, -0.25) is 0 Å². The summed E-state index contributed by atoms with van der Waals surface area (Å²) in [6.45, 7) is 5.96. The summed E-state index contributed by atoms with van der Waals surface area (Å²) < 4.78 is 0. The molecule has 1 rings (SSSR count). The van der Waals surface area contributed by atoms with Crippen molar-refractivity contribution in [1.29, 1.82) is 0 Å². The van der Waals surface area contributed by atoms with Crippen molar-refractivity contribution >= 4 is 0 Å². The van der Waals surface area contributed by atoms with Crippen molar-refractivity contribution in [2.45, 2.75) is 45.4 Å². The summed E-state index contributed by atoms with van der Waals surface area (Å²) in [6, 6.07) is 0. The normalized spacial score (nSPS) is 19.8. The first-order chi connectivity index (χ1) is 6.86. The fourth-order valence-electron chi connectivity index (χ4n) is 1.72. The largest absolute Gasteiger partial charge is 0.365 e. The van der Waals surface area contributed by atoms with Crippen LogP contribution in [0.3, 0.4) is 0 Å². The van der Waals surface area contributed by atoms with Gasteiger partial charge in [0.25, 0.3) is 0 Å². The van der Waals surface area contributed by atoms with Gasteiger partial charge in [-0.05, 0) is 44.4 Å². The minimum atomic E-state index is 1.15. The Kier molecular flexibility index (Phi) is 5.13. The van der Waals surface area contributed by atoms with Crippen molar-refractivity contribution < 1.29 is 0 Å². The maximum atomic E-state index is 3.72. The summed E-state index contributed by atoms with van der Waals surface area (Å²) in [4.78, 5) is 0. The molecule has 14 heavy (non-hydrogen) atoms. The molecule has 0 atom stereocenters. The lowest BCUT2D eigenvalue weighted by Gasteiger charge is -2.02. The highest BCUT2D eigenvalue weighted by molar-refractivity contribution is 5.16. The van der Waals surface area contributed by atoms with E-state index in [0.29, 0.717) is 0 Å². The molecular formula is C13H21N. The SMILES string of the molecule is C=C/C=C1/CCCC(CCCC)=CN1. The lowest BCUT2D eigenvalue weighted by molar-refractivity contribution is 0.729. The molecule has 1 nitrogen and oxygen atoms in total. The molecule has 1 aliphatic rings. The molecule has 0 bridgehead atoms. The zero-order valence-corrected chi connectivity index (χ0v) is 9.18. The van der Waals surface area contributed by atoms with E-state index in [4.69, 9.17) is 0 Å². The van der Waals surface area contributed by atoms with E-state index in [0.717, 1.165) is 6.42 Å². The van der Waals surface area contributed by atoms with E-state index in [2.05, 4.69) is 31.1 Å². The summed E-state index contributed by atoms with van der Waals surface area (Å²) in [6.07, 6.45) is 13.6. The maximum Gasteiger partial charge on any atom is 0.0146 e. The van der Waals surface area contributed by atoms with E-state index in [9.17, 15) is 0 Å². The Hall–Kier alpha value is -0.980. The molecule has 0 aromatic rings. The van der Waals surface area contributed by atoms with Crippen LogP contribution in [0.5, 0.6) is 0 Å². The van der Waals surface area contributed by atoms with Crippen molar-refractivity contribution in [2.24, 2.45) is 0 Å². The summed E-state index contributed by atoms with van der Waals surface area (Å²) in [7, 11) is 0. The summed E-state index contributed by atoms with van der Waals surface area (Å²) in [5.74, 6) is 0. The van der Waals surface area contributed by atoms with Crippen LogP contribution in [0.25, 0.3) is 0 Å². The summed E-state index contributed by atoms with van der Waals surface area (Å²) in [5, 5.41) is 3.37. The van der Waals surface area contributed by atoms with Crippen molar-refractivity contribution in [1.82, 2.24) is 5.32 Å². The van der Waals surface area contributed by atoms with Crippen molar-refractivity contribution in [3.63, 3.8) is 0 Å². The van der Waals surface area contributed by atoms with Crippen molar-refractivity contribution in [3.8, 4) is 0 Å². The third-order valence-electron chi connectivity index (χ3n) is 2.58. The van der Waals surface area contributed by atoms with Gasteiger partial charge in [0.1, 0.15) is 0 Å². The second-order valence-electron chi connectivity index (χ2n) is 3.83. The van der Waals surface area contributed by atoms with Crippen LogP contribution in [0.2, 0.25) is 0 Å². The van der Waals surface area contributed by atoms with E-state index >= 15 is 0 Å². The number of hydrogen-bond acceptors (Lipinski definition) is 1. The fourth-order valence-corrected chi connectivity index (χ4v) is 1.72. The predicted molar refractivity (Wildman–Crippen MR) is 62.9 cm³/mol. The van der Waals surface area contributed by atoms with Crippen LogP contribution < -0.4 is 5.32 Å². The second-order valence-corrected chi connectivity index (χ2v) is 3.83. The first-order valence-electron chi connectivity index (χ1n) is 5.63. The molecule has 0 unspecified atom stereocenters. The molecule has 0 radical (unpaired) electrons. The molecule has 1 heterocycles. The molecular weight excluding hydrogens is 170 g/mol. The highest BCUT2D eigenvalue weighted by Crippen LogP contribution is 2.19. The first kappa shape index (κ1) is 11.1. The van der Waals surface area contributed by atoms with E-state index < -0.39 is 0 Å². The Bertz CT molecular complexity index is 236. The third-order valence-corrected chi connectivity index (χ3v) is 2.58. The van der Waals surface area contributed by atoms with Gasteiger partial charge in [0.15, 0.2) is 0 Å². The highest BCUT2D eigenvalue weighted by atomic mass is 14.9. The van der Waals surface area contributed by atoms with Crippen LogP contribution in [0, 0.1) is 0 Å². The molecule has 0 fully saturated rings. The molecule has 0 saturated heterocycles. The van der Waals surface area contributed by atoms with Gasteiger partial charge in [-0.25, -0.2) is 0 Å². The molecule has 0 amide bonds. The smallest absolute Gasteiger partial charge is 0.0146 e. The number of rotatable bonds is 4. The minimum absolute atomic E-state index is 1.15. The van der Waals surface area contributed by atoms with Gasteiger partial charge in [0.2, 0.25) is 0 Å². The van der Waals surface area contributed by atoms with Gasteiger partial charge in [-0.1, -0.05) is 31.6 Å². The third kappa shape index (κ3) is 3.82. The standard InChI is InChI=1S/C13H21N/c1-3-5-8-12-9-6-10-13(7-4-2)14-11-12/h4,7,11,14H,2-3,5-6,8-10H2,1H3/b13-7-. The number of hydrogen-bond donors (Lipinski definition) is 1. The fraction of sp³-hybridized carbons (Fsp3) is 0.538. The van der Waals surface area contributed by atoms with E-state index in [1.54, 1.807) is 5.57 Å². The van der Waals surface area contributed by atoms with E-state index in [1.165, 1.54) is 37.8 Å². The predicted octanol–water partition coefficient (Wildman–Crippen LogP) is 3.90. The van der Waals surface area contributed by atoms with Gasteiger partial charge in [0.05, 0.1) is 0 Å². The summed E-state index contributed by atoms with van der Waals surface area (Å²) in [5.41, 5.74) is 2.87. The first-order valence-corrected chi connectivity index (χ1v) is 5.63. The number of allylic oxidation sites excluding steroid dienone is 4. The lowest BCUT2D eigenvalue weighted by atomic mass is 10.0. The maximum absolute atomic E-state index is 3.72. The molecule has 1 heteroatoms. The zero-order valence-electron chi connectivity index (χ0n) is 9.18. The van der Waals surface area contributed by atoms with Crippen LogP contribution in [-0.2, 0) is 0 Å². The van der Waals surface area contributed by atoms with Crippen LogP contribution >= 0.6 is 0 Å². The molecule has 0 aliphatic carbocycles. The molecule has 78 valence electrons. The lowest BCUT2D eigenvalue weighted by Crippen LogP contribution is -2.02. The average molecular weight is 191 g/mol. The monoisotopic (exact) mass is 191 g/mol. The second kappa shape index (κ2) is 6.47. The Morgan fingerprint density at radius 1 is 1.50 bits per heavy atom. The van der Waals surface area contributed by atoms with Gasteiger partial charge in [0, 0.05) is 5.70 Å². The quantitative estimate of drug-likeness (QED) is 0.710. The molecule has 0 saturated carbocycles. The highest BCUT2D eigenvalue weighted by Gasteiger charge is 2.04.